The molecule has 1 unspecified atom stereocenters. The Morgan fingerprint density at radius 2 is 2.05 bits per heavy atom. The van der Waals surface area contributed by atoms with Crippen LogP contribution in [0.1, 0.15) is 63.2 Å². The van der Waals surface area contributed by atoms with Crippen molar-refractivity contribution in [1.82, 2.24) is 20.4 Å². The van der Waals surface area contributed by atoms with Crippen molar-refractivity contribution in [2.24, 2.45) is 0 Å². The molecule has 3 heterocycles. The number of rotatable bonds is 3. The zero-order valence-electron chi connectivity index (χ0n) is 11.9. The van der Waals surface area contributed by atoms with Gasteiger partial charge >= 0.3 is 0 Å². The molecule has 0 bridgehead atoms. The molecule has 19 heavy (non-hydrogen) atoms. The lowest BCUT2D eigenvalue weighted by atomic mass is 9.98. The first-order valence-electron chi connectivity index (χ1n) is 7.55. The molecule has 1 aromatic rings. The summed E-state index contributed by atoms with van der Waals surface area (Å²) in [5.74, 6) is 2.24. The van der Waals surface area contributed by atoms with Crippen LogP contribution in [-0.4, -0.2) is 40.7 Å². The van der Waals surface area contributed by atoms with Gasteiger partial charge in [0, 0.05) is 12.0 Å². The summed E-state index contributed by atoms with van der Waals surface area (Å²) < 4.78 is 5.56. The molecule has 5 nitrogen and oxygen atoms in total. The monoisotopic (exact) mass is 264 g/mol. The van der Waals surface area contributed by atoms with E-state index in [9.17, 15) is 0 Å². The lowest BCUT2D eigenvalue weighted by Crippen LogP contribution is -2.30. The summed E-state index contributed by atoms with van der Waals surface area (Å²) in [6, 6.07) is 0.879. The highest BCUT2D eigenvalue weighted by Crippen LogP contribution is 2.33. The van der Waals surface area contributed by atoms with Crippen LogP contribution in [0.2, 0.25) is 0 Å². The summed E-state index contributed by atoms with van der Waals surface area (Å²) in [5, 5.41) is 7.61. The Balaban J connectivity index is 1.73. The predicted octanol–water partition coefficient (Wildman–Crippen LogP) is 2.08. The first-order chi connectivity index (χ1) is 9.25. The van der Waals surface area contributed by atoms with Gasteiger partial charge in [0.25, 0.3) is 0 Å². The summed E-state index contributed by atoms with van der Waals surface area (Å²) in [4.78, 5) is 7.17. The lowest BCUT2D eigenvalue weighted by molar-refractivity contribution is 0.170. The Morgan fingerprint density at radius 1 is 1.26 bits per heavy atom. The summed E-state index contributed by atoms with van der Waals surface area (Å²) >= 11 is 0. The van der Waals surface area contributed by atoms with Crippen LogP contribution in [0.15, 0.2) is 4.52 Å². The average molecular weight is 264 g/mol. The van der Waals surface area contributed by atoms with Crippen molar-refractivity contribution in [1.29, 1.82) is 0 Å². The first kappa shape index (κ1) is 13.1. The number of nitrogens with one attached hydrogen (secondary N) is 1. The molecule has 1 N–H and O–H groups in total. The fraction of sp³-hybridized carbons (Fsp3) is 0.857. The normalized spacial score (nSPS) is 26.4. The lowest BCUT2D eigenvalue weighted by Gasteiger charge is -2.25. The van der Waals surface area contributed by atoms with Crippen LogP contribution in [-0.2, 0) is 0 Å². The maximum Gasteiger partial charge on any atom is 0.244 e. The molecule has 1 atom stereocenters. The van der Waals surface area contributed by atoms with E-state index in [4.69, 9.17) is 9.51 Å². The highest BCUT2D eigenvalue weighted by Gasteiger charge is 2.33. The third-order valence-corrected chi connectivity index (χ3v) is 4.40. The smallest absolute Gasteiger partial charge is 0.244 e. The maximum absolute atomic E-state index is 5.56. The summed E-state index contributed by atoms with van der Waals surface area (Å²) in [6.45, 7) is 7.75. The van der Waals surface area contributed by atoms with Crippen LogP contribution in [0.5, 0.6) is 0 Å². The minimum atomic E-state index is 0.336. The fourth-order valence-corrected chi connectivity index (χ4v) is 3.30. The molecule has 2 aliphatic heterocycles. The number of aromatic nitrogens is 2. The fourth-order valence-electron chi connectivity index (χ4n) is 3.30. The van der Waals surface area contributed by atoms with Crippen molar-refractivity contribution >= 4 is 0 Å². The standard InChI is InChI=1S/C14H24N4O/c1-10(2)18-9-3-4-12(18)14-16-13(17-19-14)11-5-7-15-8-6-11/h10-12,15H,3-9H2,1-2H3. The largest absolute Gasteiger partial charge is 0.338 e. The quantitative estimate of drug-likeness (QED) is 0.906. The van der Waals surface area contributed by atoms with Gasteiger partial charge < -0.3 is 9.84 Å². The van der Waals surface area contributed by atoms with Crippen molar-refractivity contribution in [2.75, 3.05) is 19.6 Å². The molecule has 2 fully saturated rings. The van der Waals surface area contributed by atoms with Crippen molar-refractivity contribution in [3.8, 4) is 0 Å². The highest BCUT2D eigenvalue weighted by molar-refractivity contribution is 5.02. The molecule has 0 amide bonds. The van der Waals surface area contributed by atoms with E-state index in [1.54, 1.807) is 0 Å². The van der Waals surface area contributed by atoms with Gasteiger partial charge in [-0.05, 0) is 59.2 Å². The van der Waals surface area contributed by atoms with Gasteiger partial charge in [0.15, 0.2) is 5.82 Å². The Morgan fingerprint density at radius 3 is 2.79 bits per heavy atom. The molecule has 5 heteroatoms. The topological polar surface area (TPSA) is 54.2 Å². The predicted molar refractivity (Wildman–Crippen MR) is 73.0 cm³/mol. The van der Waals surface area contributed by atoms with Gasteiger partial charge in [0.2, 0.25) is 5.89 Å². The van der Waals surface area contributed by atoms with Crippen LogP contribution in [0, 0.1) is 0 Å². The van der Waals surface area contributed by atoms with Gasteiger partial charge in [-0.15, -0.1) is 0 Å². The Kier molecular flexibility index (Phi) is 3.84. The molecule has 2 aliphatic rings. The first-order valence-corrected chi connectivity index (χ1v) is 7.55. The second-order valence-corrected chi connectivity index (χ2v) is 6.00. The Labute approximate surface area is 114 Å². The Bertz CT molecular complexity index is 411. The second kappa shape index (κ2) is 5.59. The van der Waals surface area contributed by atoms with Gasteiger partial charge in [-0.1, -0.05) is 5.16 Å². The van der Waals surface area contributed by atoms with E-state index in [-0.39, 0.29) is 0 Å². The van der Waals surface area contributed by atoms with Crippen LogP contribution < -0.4 is 5.32 Å². The molecule has 0 radical (unpaired) electrons. The molecular formula is C14H24N4O. The number of nitrogens with zero attached hydrogens (tertiary/aromatic N) is 3. The van der Waals surface area contributed by atoms with Crippen LogP contribution in [0.25, 0.3) is 0 Å². The van der Waals surface area contributed by atoms with Crippen LogP contribution in [0.4, 0.5) is 0 Å². The van der Waals surface area contributed by atoms with E-state index in [2.05, 4.69) is 29.2 Å². The van der Waals surface area contributed by atoms with Crippen LogP contribution >= 0.6 is 0 Å². The molecule has 0 saturated carbocycles. The third kappa shape index (κ3) is 2.67. The molecule has 0 spiro atoms. The zero-order chi connectivity index (χ0) is 13.2. The minimum absolute atomic E-state index is 0.336. The summed E-state index contributed by atoms with van der Waals surface area (Å²) in [6.07, 6.45) is 4.62. The minimum Gasteiger partial charge on any atom is -0.338 e. The highest BCUT2D eigenvalue weighted by atomic mass is 16.5. The molecule has 0 aliphatic carbocycles. The van der Waals surface area contributed by atoms with Gasteiger partial charge in [-0.3, -0.25) is 4.90 Å². The van der Waals surface area contributed by atoms with Crippen LogP contribution in [0.3, 0.4) is 0 Å². The number of hydrogen-bond donors (Lipinski definition) is 1. The van der Waals surface area contributed by atoms with Gasteiger partial charge in [-0.2, -0.15) is 4.98 Å². The average Bonchev–Trinajstić information content (AvgIpc) is 3.08. The number of hydrogen-bond acceptors (Lipinski definition) is 5. The summed E-state index contributed by atoms with van der Waals surface area (Å²) in [7, 11) is 0. The Hall–Kier alpha value is -0.940. The van der Waals surface area contributed by atoms with Crippen molar-refractivity contribution in [3.63, 3.8) is 0 Å². The van der Waals surface area contributed by atoms with Gasteiger partial charge in [0.1, 0.15) is 0 Å². The molecule has 3 rings (SSSR count). The molecule has 0 aromatic carbocycles. The molecule has 106 valence electrons. The van der Waals surface area contributed by atoms with Crippen molar-refractivity contribution in [3.05, 3.63) is 11.7 Å². The van der Waals surface area contributed by atoms with E-state index in [1.807, 2.05) is 0 Å². The van der Waals surface area contributed by atoms with E-state index in [0.29, 0.717) is 18.0 Å². The molecule has 1 aromatic heterocycles. The molecular weight excluding hydrogens is 240 g/mol. The van der Waals surface area contributed by atoms with Crippen molar-refractivity contribution in [2.45, 2.75) is 57.5 Å². The molecule has 2 saturated heterocycles. The third-order valence-electron chi connectivity index (χ3n) is 4.40. The van der Waals surface area contributed by atoms with Gasteiger partial charge in [0.05, 0.1) is 6.04 Å². The number of likely N-dealkylation sites (tertiary alicyclic amines) is 1. The van der Waals surface area contributed by atoms with E-state index in [1.165, 1.54) is 6.42 Å². The van der Waals surface area contributed by atoms with E-state index < -0.39 is 0 Å². The number of piperidine rings is 1. The van der Waals surface area contributed by atoms with E-state index in [0.717, 1.165) is 50.6 Å². The zero-order valence-corrected chi connectivity index (χ0v) is 11.9. The SMILES string of the molecule is CC(C)N1CCCC1c1nc(C2CCNCC2)no1. The van der Waals surface area contributed by atoms with Crippen molar-refractivity contribution < 1.29 is 4.52 Å². The maximum atomic E-state index is 5.56. The van der Waals surface area contributed by atoms with E-state index >= 15 is 0 Å². The summed E-state index contributed by atoms with van der Waals surface area (Å²) in [5.41, 5.74) is 0. The van der Waals surface area contributed by atoms with Gasteiger partial charge in [-0.25, -0.2) is 0 Å². The second-order valence-electron chi connectivity index (χ2n) is 6.00.